The molecule has 162 valence electrons. The van der Waals surface area contributed by atoms with E-state index < -0.39 is 0 Å². The third-order valence-corrected chi connectivity index (χ3v) is 5.61. The first-order chi connectivity index (χ1) is 15.5. The Bertz CT molecular complexity index is 1320. The van der Waals surface area contributed by atoms with Crippen molar-refractivity contribution in [2.45, 2.75) is 6.42 Å². The Labute approximate surface area is 192 Å². The molecule has 32 heavy (non-hydrogen) atoms. The summed E-state index contributed by atoms with van der Waals surface area (Å²) in [5, 5.41) is 10.5. The average molecular weight is 493 g/mol. The van der Waals surface area contributed by atoms with Gasteiger partial charge in [-0.05, 0) is 70.4 Å². The Morgan fingerprint density at radius 1 is 1.25 bits per heavy atom. The molecular weight excluding hydrogens is 472 g/mol. The first-order valence-corrected chi connectivity index (χ1v) is 10.7. The fourth-order valence-electron chi connectivity index (χ4n) is 3.34. The SMILES string of the molecule is COc1ccc(CCNC(=O)c2cccnc2-c2nc3cc(C(=N)N)ccc3[nH]2)cc1Br. The number of pyridine rings is 1. The first-order valence-electron chi connectivity index (χ1n) is 9.86. The molecule has 4 rings (SSSR count). The van der Waals surface area contributed by atoms with Crippen LogP contribution in [-0.4, -0.2) is 40.3 Å². The van der Waals surface area contributed by atoms with Crippen molar-refractivity contribution in [1.82, 2.24) is 20.3 Å². The Morgan fingerprint density at radius 2 is 2.09 bits per heavy atom. The molecule has 0 aliphatic rings. The number of rotatable bonds is 7. The quantitative estimate of drug-likeness (QED) is 0.231. The summed E-state index contributed by atoms with van der Waals surface area (Å²) in [5.74, 6) is 0.980. The van der Waals surface area contributed by atoms with Gasteiger partial charge in [-0.25, -0.2) is 4.98 Å². The van der Waals surface area contributed by atoms with Crippen molar-refractivity contribution in [3.8, 4) is 17.3 Å². The van der Waals surface area contributed by atoms with E-state index in [1.165, 1.54) is 0 Å². The van der Waals surface area contributed by atoms with E-state index in [4.69, 9.17) is 15.9 Å². The lowest BCUT2D eigenvalue weighted by atomic mass is 10.1. The van der Waals surface area contributed by atoms with Gasteiger partial charge >= 0.3 is 0 Å². The second-order valence-electron chi connectivity index (χ2n) is 7.11. The average Bonchev–Trinajstić information content (AvgIpc) is 3.22. The summed E-state index contributed by atoms with van der Waals surface area (Å²) in [5.41, 5.74) is 9.52. The number of aromatic nitrogens is 3. The molecule has 0 saturated carbocycles. The van der Waals surface area contributed by atoms with E-state index >= 15 is 0 Å². The number of ether oxygens (including phenoxy) is 1. The van der Waals surface area contributed by atoms with Crippen LogP contribution in [0.2, 0.25) is 0 Å². The van der Waals surface area contributed by atoms with Crippen molar-refractivity contribution < 1.29 is 9.53 Å². The molecule has 9 heteroatoms. The van der Waals surface area contributed by atoms with Crippen LogP contribution in [0.1, 0.15) is 21.5 Å². The lowest BCUT2D eigenvalue weighted by Crippen LogP contribution is -2.26. The van der Waals surface area contributed by atoms with Gasteiger partial charge < -0.3 is 20.8 Å². The minimum Gasteiger partial charge on any atom is -0.496 e. The van der Waals surface area contributed by atoms with Crippen LogP contribution in [0.25, 0.3) is 22.6 Å². The first kappa shape index (κ1) is 21.5. The molecule has 0 unspecified atom stereocenters. The van der Waals surface area contributed by atoms with Gasteiger partial charge in [0.2, 0.25) is 0 Å². The standard InChI is InChI=1S/C23H21BrN6O2/c1-32-19-7-4-13(11-16(19)24)8-10-28-23(31)15-3-2-9-27-20(15)22-29-17-6-5-14(21(25)26)12-18(17)30-22/h2-7,9,11-12H,8,10H2,1H3,(H3,25,26)(H,28,31)(H,29,30). The van der Waals surface area contributed by atoms with Gasteiger partial charge in [0.1, 0.15) is 17.3 Å². The third kappa shape index (κ3) is 4.47. The molecular formula is C23H21BrN6O2. The van der Waals surface area contributed by atoms with Gasteiger partial charge in [0.05, 0.1) is 28.2 Å². The zero-order chi connectivity index (χ0) is 22.7. The molecule has 0 saturated heterocycles. The van der Waals surface area contributed by atoms with Crippen molar-refractivity contribution in [3.05, 3.63) is 75.9 Å². The fourth-order valence-corrected chi connectivity index (χ4v) is 3.93. The molecule has 0 atom stereocenters. The number of carbonyl (C=O) groups excluding carboxylic acids is 1. The van der Waals surface area contributed by atoms with Crippen LogP contribution in [0.4, 0.5) is 0 Å². The van der Waals surface area contributed by atoms with Gasteiger partial charge in [0, 0.05) is 18.3 Å². The van der Waals surface area contributed by atoms with Gasteiger partial charge in [-0.3, -0.25) is 15.2 Å². The van der Waals surface area contributed by atoms with E-state index in [9.17, 15) is 4.79 Å². The number of nitrogen functional groups attached to an aromatic ring is 1. The van der Waals surface area contributed by atoms with E-state index in [1.54, 1.807) is 43.6 Å². The molecule has 2 aromatic heterocycles. The Hall–Kier alpha value is -3.72. The number of carbonyl (C=O) groups is 1. The lowest BCUT2D eigenvalue weighted by Gasteiger charge is -2.09. The monoisotopic (exact) mass is 492 g/mol. The van der Waals surface area contributed by atoms with Gasteiger partial charge in [0.15, 0.2) is 5.82 Å². The minimum absolute atomic E-state index is 0.0294. The second-order valence-corrected chi connectivity index (χ2v) is 7.96. The molecule has 0 radical (unpaired) electrons. The highest BCUT2D eigenvalue weighted by Crippen LogP contribution is 2.26. The van der Waals surface area contributed by atoms with Crippen LogP contribution < -0.4 is 15.8 Å². The normalized spacial score (nSPS) is 10.8. The van der Waals surface area contributed by atoms with E-state index in [-0.39, 0.29) is 11.7 Å². The number of benzene rings is 2. The molecule has 0 aliphatic heterocycles. The number of hydrogen-bond acceptors (Lipinski definition) is 5. The zero-order valence-corrected chi connectivity index (χ0v) is 18.9. The van der Waals surface area contributed by atoms with Gasteiger partial charge in [-0.1, -0.05) is 6.07 Å². The topological polar surface area (TPSA) is 130 Å². The van der Waals surface area contributed by atoms with Crippen LogP contribution in [0, 0.1) is 5.41 Å². The maximum atomic E-state index is 12.9. The lowest BCUT2D eigenvalue weighted by molar-refractivity contribution is 0.0954. The number of halogens is 1. The number of H-pyrrole nitrogens is 1. The fraction of sp³-hybridized carbons (Fsp3) is 0.130. The molecule has 1 amide bonds. The van der Waals surface area contributed by atoms with Crippen LogP contribution in [-0.2, 0) is 6.42 Å². The van der Waals surface area contributed by atoms with E-state index in [0.717, 1.165) is 21.3 Å². The number of nitrogens with zero attached hydrogens (tertiary/aromatic N) is 2. The summed E-state index contributed by atoms with van der Waals surface area (Å²) in [6.07, 6.45) is 2.29. The van der Waals surface area contributed by atoms with Gasteiger partial charge in [-0.2, -0.15) is 0 Å². The van der Waals surface area contributed by atoms with Crippen LogP contribution in [0.15, 0.2) is 59.2 Å². The van der Waals surface area contributed by atoms with Gasteiger partial charge in [0.25, 0.3) is 5.91 Å². The summed E-state index contributed by atoms with van der Waals surface area (Å²) in [7, 11) is 1.62. The number of amidine groups is 1. The highest BCUT2D eigenvalue weighted by atomic mass is 79.9. The van der Waals surface area contributed by atoms with Gasteiger partial charge in [-0.15, -0.1) is 0 Å². The van der Waals surface area contributed by atoms with Crippen LogP contribution >= 0.6 is 15.9 Å². The van der Waals surface area contributed by atoms with Crippen LogP contribution in [0.5, 0.6) is 5.75 Å². The predicted molar refractivity (Wildman–Crippen MR) is 127 cm³/mol. The zero-order valence-electron chi connectivity index (χ0n) is 17.3. The smallest absolute Gasteiger partial charge is 0.253 e. The number of imidazole rings is 1. The summed E-state index contributed by atoms with van der Waals surface area (Å²) < 4.78 is 6.12. The number of aromatic amines is 1. The highest BCUT2D eigenvalue weighted by Gasteiger charge is 2.17. The van der Waals surface area contributed by atoms with Crippen molar-refractivity contribution in [1.29, 1.82) is 5.41 Å². The molecule has 0 spiro atoms. The van der Waals surface area contributed by atoms with E-state index in [1.807, 2.05) is 18.2 Å². The van der Waals surface area contributed by atoms with Crippen molar-refractivity contribution in [2.24, 2.45) is 5.73 Å². The number of fused-ring (bicyclic) bond motifs is 1. The molecule has 5 N–H and O–H groups in total. The molecule has 0 bridgehead atoms. The van der Waals surface area contributed by atoms with Crippen molar-refractivity contribution in [2.75, 3.05) is 13.7 Å². The van der Waals surface area contributed by atoms with Crippen molar-refractivity contribution >= 4 is 38.7 Å². The summed E-state index contributed by atoms with van der Waals surface area (Å²) >= 11 is 3.48. The maximum absolute atomic E-state index is 12.9. The maximum Gasteiger partial charge on any atom is 0.253 e. The number of nitrogens with two attached hydrogens (primary N) is 1. The molecule has 2 aromatic carbocycles. The number of hydrogen-bond donors (Lipinski definition) is 4. The summed E-state index contributed by atoms with van der Waals surface area (Å²) in [6, 6.07) is 14.5. The van der Waals surface area contributed by atoms with Crippen LogP contribution in [0.3, 0.4) is 0 Å². The van der Waals surface area contributed by atoms with Crippen molar-refractivity contribution in [3.63, 3.8) is 0 Å². The second kappa shape index (κ2) is 9.19. The molecule has 8 nitrogen and oxygen atoms in total. The highest BCUT2D eigenvalue weighted by molar-refractivity contribution is 9.10. The molecule has 4 aromatic rings. The predicted octanol–water partition coefficient (Wildman–Crippen LogP) is 3.65. The van der Waals surface area contributed by atoms with E-state index in [2.05, 4.69) is 36.2 Å². The van der Waals surface area contributed by atoms with E-state index in [0.29, 0.717) is 41.1 Å². The number of methoxy groups -OCH3 is 1. The third-order valence-electron chi connectivity index (χ3n) is 4.99. The summed E-state index contributed by atoms with van der Waals surface area (Å²) in [4.78, 5) is 25.0. The molecule has 0 fully saturated rings. The Morgan fingerprint density at radius 3 is 2.84 bits per heavy atom. The molecule has 2 heterocycles. The largest absolute Gasteiger partial charge is 0.496 e. The Balaban J connectivity index is 1.51. The minimum atomic E-state index is -0.231. The number of nitrogens with one attached hydrogen (secondary N) is 3. The number of amides is 1. The Kier molecular flexibility index (Phi) is 6.18. The summed E-state index contributed by atoms with van der Waals surface area (Å²) in [6.45, 7) is 0.466. The molecule has 0 aliphatic carbocycles.